The van der Waals surface area contributed by atoms with Gasteiger partial charge in [0.25, 0.3) is 5.91 Å². The maximum absolute atomic E-state index is 12.2. The number of carbonyl (C=O) groups is 2. The second-order valence-electron chi connectivity index (χ2n) is 5.49. The lowest BCUT2D eigenvalue weighted by molar-refractivity contribution is -0.114. The lowest BCUT2D eigenvalue weighted by Gasteiger charge is -2.08. The molecular formula is C17H21N3O4S2. The average molecular weight is 396 g/mol. The van der Waals surface area contributed by atoms with E-state index in [1.807, 2.05) is 6.92 Å². The minimum absolute atomic E-state index is 0.0947. The van der Waals surface area contributed by atoms with Gasteiger partial charge in [-0.05, 0) is 42.8 Å². The van der Waals surface area contributed by atoms with Crippen molar-refractivity contribution in [2.45, 2.75) is 24.5 Å². The highest BCUT2D eigenvalue weighted by molar-refractivity contribution is 7.91. The van der Waals surface area contributed by atoms with Crippen molar-refractivity contribution in [2.75, 3.05) is 18.4 Å². The minimum Gasteiger partial charge on any atom is -0.351 e. The summed E-state index contributed by atoms with van der Waals surface area (Å²) in [5.41, 5.74) is 1.03. The molecule has 0 fully saturated rings. The third kappa shape index (κ3) is 5.65. The smallest absolute Gasteiger partial charge is 0.251 e. The van der Waals surface area contributed by atoms with Crippen LogP contribution in [-0.2, 0) is 21.2 Å². The molecule has 1 heterocycles. The molecule has 140 valence electrons. The van der Waals surface area contributed by atoms with E-state index in [-0.39, 0.29) is 29.1 Å². The van der Waals surface area contributed by atoms with E-state index in [0.29, 0.717) is 11.3 Å². The Morgan fingerprint density at radius 3 is 2.31 bits per heavy atom. The Balaban J connectivity index is 1.81. The second kappa shape index (κ2) is 8.93. The first-order valence-corrected chi connectivity index (χ1v) is 10.4. The zero-order chi connectivity index (χ0) is 19.2. The lowest BCUT2D eigenvalue weighted by atomic mass is 10.2. The van der Waals surface area contributed by atoms with Crippen molar-refractivity contribution in [1.82, 2.24) is 10.0 Å². The van der Waals surface area contributed by atoms with E-state index in [2.05, 4.69) is 15.4 Å². The maximum Gasteiger partial charge on any atom is 0.251 e. The molecule has 2 aromatic rings. The number of sulfonamides is 1. The summed E-state index contributed by atoms with van der Waals surface area (Å²) in [4.78, 5) is 24.0. The summed E-state index contributed by atoms with van der Waals surface area (Å²) in [6.45, 7) is 3.63. The molecule has 0 spiro atoms. The molecule has 3 N–H and O–H groups in total. The van der Waals surface area contributed by atoms with Gasteiger partial charge in [-0.15, -0.1) is 11.3 Å². The molecule has 0 saturated heterocycles. The summed E-state index contributed by atoms with van der Waals surface area (Å²) in [6.07, 6.45) is 0.789. The first kappa shape index (κ1) is 20.1. The van der Waals surface area contributed by atoms with Crippen LogP contribution < -0.4 is 15.4 Å². The first-order chi connectivity index (χ1) is 12.3. The number of benzene rings is 1. The molecule has 7 nitrogen and oxygen atoms in total. The van der Waals surface area contributed by atoms with Crippen LogP contribution in [0.3, 0.4) is 0 Å². The molecule has 1 aromatic heterocycles. The Hall–Kier alpha value is -2.23. The summed E-state index contributed by atoms with van der Waals surface area (Å²) in [5, 5.41) is 5.26. The lowest BCUT2D eigenvalue weighted by Crippen LogP contribution is -2.34. The Kier molecular flexibility index (Phi) is 6.90. The highest BCUT2D eigenvalue weighted by Gasteiger charge is 2.16. The zero-order valence-electron chi connectivity index (χ0n) is 14.5. The SMILES string of the molecule is CCc1ccc(S(=O)(=O)NCCNC(=O)c2ccc(NC(C)=O)cc2)s1. The summed E-state index contributed by atoms with van der Waals surface area (Å²) in [5.74, 6) is -0.505. The Labute approximate surface area is 156 Å². The number of amides is 2. The minimum atomic E-state index is -3.55. The number of aryl methyl sites for hydroxylation is 1. The molecule has 2 rings (SSSR count). The molecule has 0 aliphatic rings. The van der Waals surface area contributed by atoms with Gasteiger partial charge in [-0.2, -0.15) is 0 Å². The second-order valence-corrected chi connectivity index (χ2v) is 8.65. The van der Waals surface area contributed by atoms with Crippen molar-refractivity contribution < 1.29 is 18.0 Å². The van der Waals surface area contributed by atoms with Crippen molar-refractivity contribution in [3.05, 3.63) is 46.8 Å². The highest BCUT2D eigenvalue weighted by atomic mass is 32.2. The van der Waals surface area contributed by atoms with Gasteiger partial charge in [0.15, 0.2) is 0 Å². The molecule has 0 radical (unpaired) electrons. The van der Waals surface area contributed by atoms with E-state index < -0.39 is 10.0 Å². The van der Waals surface area contributed by atoms with Crippen molar-refractivity contribution in [2.24, 2.45) is 0 Å². The van der Waals surface area contributed by atoms with Crippen LogP contribution in [0.25, 0.3) is 0 Å². The molecule has 0 bridgehead atoms. The van der Waals surface area contributed by atoms with E-state index >= 15 is 0 Å². The molecule has 26 heavy (non-hydrogen) atoms. The molecule has 0 saturated carbocycles. The molecule has 9 heteroatoms. The standard InChI is InChI=1S/C17H21N3O4S2/c1-3-15-8-9-16(25-15)26(23,24)19-11-10-18-17(22)13-4-6-14(7-5-13)20-12(2)21/h4-9,19H,3,10-11H2,1-2H3,(H,18,22)(H,20,21). The van der Waals surface area contributed by atoms with Crippen LogP contribution >= 0.6 is 11.3 Å². The van der Waals surface area contributed by atoms with Crippen molar-refractivity contribution >= 4 is 38.9 Å². The van der Waals surface area contributed by atoms with Gasteiger partial charge in [-0.3, -0.25) is 9.59 Å². The van der Waals surface area contributed by atoms with Crippen LogP contribution in [0.4, 0.5) is 5.69 Å². The van der Waals surface area contributed by atoms with Gasteiger partial charge in [-0.1, -0.05) is 6.92 Å². The van der Waals surface area contributed by atoms with Gasteiger partial charge >= 0.3 is 0 Å². The number of anilines is 1. The number of rotatable bonds is 8. The number of thiophene rings is 1. The normalized spacial score (nSPS) is 11.2. The van der Waals surface area contributed by atoms with Crippen LogP contribution in [-0.4, -0.2) is 33.3 Å². The van der Waals surface area contributed by atoms with E-state index in [4.69, 9.17) is 0 Å². The third-order valence-electron chi connectivity index (χ3n) is 3.42. The van der Waals surface area contributed by atoms with Gasteiger partial charge in [-0.25, -0.2) is 13.1 Å². The highest BCUT2D eigenvalue weighted by Crippen LogP contribution is 2.21. The Morgan fingerprint density at radius 2 is 1.73 bits per heavy atom. The fourth-order valence-electron chi connectivity index (χ4n) is 2.14. The fraction of sp³-hybridized carbons (Fsp3) is 0.294. The van der Waals surface area contributed by atoms with Gasteiger partial charge in [0.1, 0.15) is 4.21 Å². The van der Waals surface area contributed by atoms with Crippen LogP contribution in [0.1, 0.15) is 29.1 Å². The van der Waals surface area contributed by atoms with Crippen molar-refractivity contribution in [1.29, 1.82) is 0 Å². The van der Waals surface area contributed by atoms with Gasteiger partial charge in [0, 0.05) is 36.1 Å². The van der Waals surface area contributed by atoms with Crippen molar-refractivity contribution in [3.8, 4) is 0 Å². The third-order valence-corrected chi connectivity index (χ3v) is 6.60. The summed E-state index contributed by atoms with van der Waals surface area (Å²) < 4.78 is 27.1. The van der Waals surface area contributed by atoms with Gasteiger partial charge in [0.05, 0.1) is 0 Å². The number of nitrogens with one attached hydrogen (secondary N) is 3. The number of hydrogen-bond donors (Lipinski definition) is 3. The van der Waals surface area contributed by atoms with Crippen LogP contribution in [0.2, 0.25) is 0 Å². The van der Waals surface area contributed by atoms with Gasteiger partial charge in [0.2, 0.25) is 15.9 Å². The predicted molar refractivity (Wildman–Crippen MR) is 102 cm³/mol. The number of carbonyl (C=O) groups excluding carboxylic acids is 2. The van der Waals surface area contributed by atoms with E-state index in [1.54, 1.807) is 36.4 Å². The fourth-order valence-corrected chi connectivity index (χ4v) is 4.51. The average Bonchev–Trinajstić information content (AvgIpc) is 3.09. The number of hydrogen-bond acceptors (Lipinski definition) is 5. The van der Waals surface area contributed by atoms with Crippen LogP contribution in [0.5, 0.6) is 0 Å². The monoisotopic (exact) mass is 395 g/mol. The Morgan fingerprint density at radius 1 is 1.04 bits per heavy atom. The van der Waals surface area contributed by atoms with E-state index in [1.165, 1.54) is 18.3 Å². The zero-order valence-corrected chi connectivity index (χ0v) is 16.2. The molecule has 0 aliphatic heterocycles. The van der Waals surface area contributed by atoms with E-state index in [0.717, 1.165) is 11.3 Å². The molecule has 0 unspecified atom stereocenters. The van der Waals surface area contributed by atoms with Crippen molar-refractivity contribution in [3.63, 3.8) is 0 Å². The Bertz CT molecular complexity index is 874. The quantitative estimate of drug-likeness (QED) is 0.595. The molecule has 0 atom stereocenters. The molecule has 2 amide bonds. The first-order valence-electron chi connectivity index (χ1n) is 8.06. The van der Waals surface area contributed by atoms with Gasteiger partial charge < -0.3 is 10.6 Å². The van der Waals surface area contributed by atoms with Crippen LogP contribution in [0, 0.1) is 0 Å². The van der Waals surface area contributed by atoms with Crippen LogP contribution in [0.15, 0.2) is 40.6 Å². The topological polar surface area (TPSA) is 104 Å². The summed E-state index contributed by atoms with van der Waals surface area (Å²) >= 11 is 1.24. The molecule has 1 aromatic carbocycles. The summed E-state index contributed by atoms with van der Waals surface area (Å²) in [6, 6.07) is 9.81. The maximum atomic E-state index is 12.2. The molecular weight excluding hydrogens is 374 g/mol. The molecule has 0 aliphatic carbocycles. The van der Waals surface area contributed by atoms with E-state index in [9.17, 15) is 18.0 Å². The predicted octanol–water partition coefficient (Wildman–Crippen LogP) is 1.98. The summed E-state index contributed by atoms with van der Waals surface area (Å²) in [7, 11) is -3.55. The largest absolute Gasteiger partial charge is 0.351 e.